The molecule has 4 rings (SSSR count). The highest BCUT2D eigenvalue weighted by atomic mass is 79.9. The van der Waals surface area contributed by atoms with Crippen molar-refractivity contribution in [2.45, 2.75) is 33.1 Å². The van der Waals surface area contributed by atoms with Crippen LogP contribution in [-0.2, 0) is 4.79 Å². The Labute approximate surface area is 166 Å². The number of hydrogen-bond donors (Lipinski definition) is 0. The SMILES string of the molecule is Cc1cc(C)nc(-n2nc(C)c3c2N(C)C(=O)CC3c2ccc(Br)cc2)n1. The average Bonchev–Trinajstić information content (AvgIpc) is 2.96. The Morgan fingerprint density at radius 2 is 1.70 bits per heavy atom. The van der Waals surface area contributed by atoms with E-state index in [9.17, 15) is 4.79 Å². The van der Waals surface area contributed by atoms with Gasteiger partial charge in [0.05, 0.1) is 5.69 Å². The minimum atomic E-state index is -0.0311. The molecule has 0 fully saturated rings. The molecule has 0 aliphatic carbocycles. The van der Waals surface area contributed by atoms with Gasteiger partial charge in [0.2, 0.25) is 5.91 Å². The van der Waals surface area contributed by atoms with Crippen LogP contribution in [0, 0.1) is 20.8 Å². The fourth-order valence-electron chi connectivity index (χ4n) is 3.71. The number of carbonyl (C=O) groups is 1. The van der Waals surface area contributed by atoms with Crippen LogP contribution < -0.4 is 4.90 Å². The second-order valence-corrected chi connectivity index (χ2v) is 7.86. The lowest BCUT2D eigenvalue weighted by Gasteiger charge is -2.30. The molecule has 0 saturated carbocycles. The second kappa shape index (κ2) is 6.56. The van der Waals surface area contributed by atoms with Gasteiger partial charge in [0.25, 0.3) is 5.95 Å². The standard InChI is InChI=1S/C20H20BrN5O/c1-11-9-12(2)23-20(22-11)26-19-18(13(3)24-26)16(10-17(27)25(19)4)14-5-7-15(21)8-6-14/h5-9,16H,10H2,1-4H3. The van der Waals surface area contributed by atoms with Crippen molar-refractivity contribution in [1.82, 2.24) is 19.7 Å². The summed E-state index contributed by atoms with van der Waals surface area (Å²) in [5, 5.41) is 4.71. The zero-order chi connectivity index (χ0) is 19.3. The first kappa shape index (κ1) is 17.9. The van der Waals surface area contributed by atoms with E-state index in [0.717, 1.165) is 38.5 Å². The van der Waals surface area contributed by atoms with Crippen LogP contribution in [0.1, 0.15) is 40.5 Å². The molecule has 2 aromatic heterocycles. The molecular formula is C20H20BrN5O. The van der Waals surface area contributed by atoms with Crippen molar-refractivity contribution in [3.8, 4) is 5.95 Å². The molecule has 7 heteroatoms. The quantitative estimate of drug-likeness (QED) is 0.625. The molecule has 1 amide bonds. The van der Waals surface area contributed by atoms with Crippen molar-refractivity contribution in [2.24, 2.45) is 0 Å². The molecule has 0 saturated heterocycles. The van der Waals surface area contributed by atoms with Gasteiger partial charge in [0, 0.05) is 40.8 Å². The summed E-state index contributed by atoms with van der Waals surface area (Å²) in [6.07, 6.45) is 0.422. The Kier molecular flexibility index (Phi) is 4.34. The summed E-state index contributed by atoms with van der Waals surface area (Å²) in [5.41, 5.74) is 4.79. The molecule has 0 radical (unpaired) electrons. The predicted molar refractivity (Wildman–Crippen MR) is 107 cm³/mol. The van der Waals surface area contributed by atoms with E-state index in [2.05, 4.69) is 38.0 Å². The molecule has 0 bridgehead atoms. The summed E-state index contributed by atoms with van der Waals surface area (Å²) in [6.45, 7) is 5.84. The van der Waals surface area contributed by atoms with Crippen LogP contribution in [-0.4, -0.2) is 32.7 Å². The number of hydrogen-bond acceptors (Lipinski definition) is 4. The summed E-state index contributed by atoms with van der Waals surface area (Å²) in [4.78, 5) is 23.5. The van der Waals surface area contributed by atoms with E-state index in [1.165, 1.54) is 0 Å². The Morgan fingerprint density at radius 1 is 1.07 bits per heavy atom. The van der Waals surface area contributed by atoms with Crippen molar-refractivity contribution in [3.05, 3.63) is 63.0 Å². The fraction of sp³-hybridized carbons (Fsp3) is 0.300. The maximum absolute atomic E-state index is 12.8. The third kappa shape index (κ3) is 3.06. The number of aryl methyl sites for hydroxylation is 3. The van der Waals surface area contributed by atoms with Gasteiger partial charge in [-0.25, -0.2) is 9.97 Å². The molecule has 1 aromatic carbocycles. The van der Waals surface area contributed by atoms with Crippen molar-refractivity contribution in [3.63, 3.8) is 0 Å². The minimum absolute atomic E-state index is 0.0311. The highest BCUT2D eigenvalue weighted by Crippen LogP contribution is 2.42. The van der Waals surface area contributed by atoms with Crippen molar-refractivity contribution >= 4 is 27.7 Å². The van der Waals surface area contributed by atoms with Gasteiger partial charge in [-0.3, -0.25) is 9.69 Å². The maximum atomic E-state index is 12.8. The van der Waals surface area contributed by atoms with Gasteiger partial charge >= 0.3 is 0 Å². The Morgan fingerprint density at radius 3 is 2.33 bits per heavy atom. The van der Waals surface area contributed by atoms with E-state index in [0.29, 0.717) is 12.4 Å². The van der Waals surface area contributed by atoms with E-state index in [4.69, 9.17) is 5.10 Å². The maximum Gasteiger partial charge on any atom is 0.252 e. The lowest BCUT2D eigenvalue weighted by molar-refractivity contribution is -0.118. The number of nitrogens with zero attached hydrogens (tertiary/aromatic N) is 5. The Bertz CT molecular complexity index is 1020. The Hall–Kier alpha value is -2.54. The molecule has 27 heavy (non-hydrogen) atoms. The van der Waals surface area contributed by atoms with E-state index in [-0.39, 0.29) is 11.8 Å². The third-order valence-corrected chi connectivity index (χ3v) is 5.46. The highest BCUT2D eigenvalue weighted by Gasteiger charge is 2.36. The van der Waals surface area contributed by atoms with Gasteiger partial charge in [-0.1, -0.05) is 28.1 Å². The number of anilines is 1. The molecule has 138 valence electrons. The topological polar surface area (TPSA) is 63.9 Å². The van der Waals surface area contributed by atoms with Gasteiger partial charge in [-0.2, -0.15) is 9.78 Å². The largest absolute Gasteiger partial charge is 0.299 e. The summed E-state index contributed by atoms with van der Waals surface area (Å²) in [5.74, 6) is 1.27. The smallest absolute Gasteiger partial charge is 0.252 e. The Balaban J connectivity index is 1.93. The molecular weight excluding hydrogens is 406 g/mol. The number of carbonyl (C=O) groups excluding carboxylic acids is 1. The number of rotatable bonds is 2. The number of fused-ring (bicyclic) bond motifs is 1. The lowest BCUT2D eigenvalue weighted by Crippen LogP contribution is -2.35. The second-order valence-electron chi connectivity index (χ2n) is 6.95. The third-order valence-electron chi connectivity index (χ3n) is 4.93. The first-order chi connectivity index (χ1) is 12.8. The fourth-order valence-corrected chi connectivity index (χ4v) is 3.98. The summed E-state index contributed by atoms with van der Waals surface area (Å²) in [7, 11) is 1.79. The van der Waals surface area contributed by atoms with Gasteiger partial charge < -0.3 is 0 Å². The molecule has 1 aliphatic heterocycles. The first-order valence-corrected chi connectivity index (χ1v) is 9.58. The monoisotopic (exact) mass is 425 g/mol. The van der Waals surface area contributed by atoms with Crippen LogP contribution in [0.2, 0.25) is 0 Å². The number of amides is 1. The van der Waals surface area contributed by atoms with E-state index < -0.39 is 0 Å². The van der Waals surface area contributed by atoms with Crippen molar-refractivity contribution < 1.29 is 4.79 Å². The van der Waals surface area contributed by atoms with Crippen LogP contribution in [0.25, 0.3) is 5.95 Å². The van der Waals surface area contributed by atoms with Gasteiger partial charge in [-0.05, 0) is 44.5 Å². The van der Waals surface area contributed by atoms with E-state index in [1.807, 2.05) is 39.0 Å². The van der Waals surface area contributed by atoms with Crippen molar-refractivity contribution in [1.29, 1.82) is 0 Å². The van der Waals surface area contributed by atoms with Crippen LogP contribution in [0.3, 0.4) is 0 Å². The van der Waals surface area contributed by atoms with Crippen LogP contribution in [0.5, 0.6) is 0 Å². The van der Waals surface area contributed by atoms with Crippen LogP contribution in [0.4, 0.5) is 5.82 Å². The zero-order valence-electron chi connectivity index (χ0n) is 15.7. The van der Waals surface area contributed by atoms with Gasteiger partial charge in [0.15, 0.2) is 0 Å². The van der Waals surface area contributed by atoms with E-state index >= 15 is 0 Å². The number of benzene rings is 1. The summed E-state index contributed by atoms with van der Waals surface area (Å²) >= 11 is 3.48. The molecule has 0 N–H and O–H groups in total. The normalized spacial score (nSPS) is 16.6. The lowest BCUT2D eigenvalue weighted by atomic mass is 9.85. The molecule has 3 aromatic rings. The molecule has 0 spiro atoms. The van der Waals surface area contributed by atoms with Crippen LogP contribution >= 0.6 is 15.9 Å². The molecule has 6 nitrogen and oxygen atoms in total. The minimum Gasteiger partial charge on any atom is -0.299 e. The van der Waals surface area contributed by atoms with Gasteiger partial charge in [-0.15, -0.1) is 0 Å². The van der Waals surface area contributed by atoms with E-state index in [1.54, 1.807) is 16.6 Å². The average molecular weight is 426 g/mol. The zero-order valence-corrected chi connectivity index (χ0v) is 17.3. The molecule has 1 aliphatic rings. The highest BCUT2D eigenvalue weighted by molar-refractivity contribution is 9.10. The predicted octanol–water partition coefficient (Wildman–Crippen LogP) is 3.85. The first-order valence-electron chi connectivity index (χ1n) is 8.79. The van der Waals surface area contributed by atoms with Crippen LogP contribution in [0.15, 0.2) is 34.8 Å². The number of halogens is 1. The molecule has 1 atom stereocenters. The molecule has 1 unspecified atom stereocenters. The van der Waals surface area contributed by atoms with Crippen molar-refractivity contribution in [2.75, 3.05) is 11.9 Å². The van der Waals surface area contributed by atoms with Gasteiger partial charge in [0.1, 0.15) is 5.82 Å². The number of aromatic nitrogens is 4. The summed E-state index contributed by atoms with van der Waals surface area (Å²) in [6, 6.07) is 10.0. The summed E-state index contributed by atoms with van der Waals surface area (Å²) < 4.78 is 2.72. The molecule has 3 heterocycles.